The molecule has 1 aliphatic rings. The fourth-order valence-corrected chi connectivity index (χ4v) is 2.70. The molecule has 0 bridgehead atoms. The van der Waals surface area contributed by atoms with Crippen LogP contribution in [-0.4, -0.2) is 12.7 Å². The lowest BCUT2D eigenvalue weighted by Crippen LogP contribution is -1.90. The molecule has 1 atom stereocenters. The maximum Gasteiger partial charge on any atom is 0.0810 e. The number of unbranched alkanes of at least 4 members (excludes halogenated alkanes) is 6. The molecular formula is C18H28O. The molecule has 0 aromatic heterocycles. The zero-order valence-electron chi connectivity index (χ0n) is 12.4. The second-order valence-electron chi connectivity index (χ2n) is 5.90. The predicted molar refractivity (Wildman–Crippen MR) is 81.6 cm³/mol. The monoisotopic (exact) mass is 260 g/mol. The molecule has 0 amide bonds. The molecule has 1 heterocycles. The number of epoxide rings is 1. The van der Waals surface area contributed by atoms with E-state index in [1.807, 2.05) is 0 Å². The average Bonchev–Trinajstić information content (AvgIpc) is 3.23. The lowest BCUT2D eigenvalue weighted by Gasteiger charge is -2.05. The second kappa shape index (κ2) is 8.37. The van der Waals surface area contributed by atoms with Crippen LogP contribution >= 0.6 is 0 Å². The van der Waals surface area contributed by atoms with Gasteiger partial charge in [-0.3, -0.25) is 0 Å². The third-order valence-corrected chi connectivity index (χ3v) is 4.14. The molecule has 0 aliphatic carbocycles. The zero-order valence-corrected chi connectivity index (χ0v) is 12.4. The highest BCUT2D eigenvalue weighted by Crippen LogP contribution is 2.18. The van der Waals surface area contributed by atoms with Gasteiger partial charge in [0.15, 0.2) is 0 Å². The van der Waals surface area contributed by atoms with E-state index in [-0.39, 0.29) is 0 Å². The van der Waals surface area contributed by atoms with E-state index in [1.54, 1.807) is 0 Å². The minimum Gasteiger partial charge on any atom is -0.373 e. The third kappa shape index (κ3) is 6.24. The molecule has 1 aromatic carbocycles. The minimum absolute atomic E-state index is 0.633. The Kier molecular flexibility index (Phi) is 6.43. The van der Waals surface area contributed by atoms with E-state index >= 15 is 0 Å². The summed E-state index contributed by atoms with van der Waals surface area (Å²) in [6.45, 7) is 3.25. The lowest BCUT2D eigenvalue weighted by atomic mass is 10.0. The lowest BCUT2D eigenvalue weighted by molar-refractivity contribution is 0.387. The molecule has 1 saturated heterocycles. The standard InChI is InChI=1S/C18H28O/c1-16-11-9-10-13-17(16)12-7-5-3-2-4-6-8-14-18-15-19-18/h9-11,13,18H,2-8,12,14-15H2,1H3. The van der Waals surface area contributed by atoms with E-state index in [1.165, 1.54) is 68.9 Å². The highest BCUT2D eigenvalue weighted by molar-refractivity contribution is 5.25. The van der Waals surface area contributed by atoms with E-state index in [2.05, 4.69) is 31.2 Å². The van der Waals surface area contributed by atoms with Crippen LogP contribution in [0.25, 0.3) is 0 Å². The van der Waals surface area contributed by atoms with Gasteiger partial charge < -0.3 is 4.74 Å². The van der Waals surface area contributed by atoms with Crippen molar-refractivity contribution < 1.29 is 4.74 Å². The molecule has 1 aliphatic heterocycles. The maximum absolute atomic E-state index is 5.22. The SMILES string of the molecule is Cc1ccccc1CCCCCCCCCC1CO1. The minimum atomic E-state index is 0.633. The van der Waals surface area contributed by atoms with E-state index in [0.29, 0.717) is 6.10 Å². The summed E-state index contributed by atoms with van der Waals surface area (Å²) in [6, 6.07) is 8.78. The van der Waals surface area contributed by atoms with Gasteiger partial charge in [-0.25, -0.2) is 0 Å². The Balaban J connectivity index is 1.40. The fourth-order valence-electron chi connectivity index (χ4n) is 2.70. The van der Waals surface area contributed by atoms with Crippen molar-refractivity contribution >= 4 is 0 Å². The molecule has 19 heavy (non-hydrogen) atoms. The van der Waals surface area contributed by atoms with Crippen molar-refractivity contribution in [3.63, 3.8) is 0 Å². The molecule has 0 radical (unpaired) electrons. The van der Waals surface area contributed by atoms with E-state index in [9.17, 15) is 0 Å². The van der Waals surface area contributed by atoms with Gasteiger partial charge in [0.1, 0.15) is 0 Å². The van der Waals surface area contributed by atoms with Crippen LogP contribution in [0.2, 0.25) is 0 Å². The second-order valence-corrected chi connectivity index (χ2v) is 5.90. The molecule has 2 rings (SSSR count). The van der Waals surface area contributed by atoms with E-state index in [4.69, 9.17) is 4.74 Å². The molecule has 1 nitrogen and oxygen atoms in total. The average molecular weight is 260 g/mol. The summed E-state index contributed by atoms with van der Waals surface area (Å²) >= 11 is 0. The summed E-state index contributed by atoms with van der Waals surface area (Å²) in [7, 11) is 0. The molecule has 0 N–H and O–H groups in total. The Morgan fingerprint density at radius 2 is 1.58 bits per heavy atom. The van der Waals surface area contributed by atoms with Crippen LogP contribution in [0.5, 0.6) is 0 Å². The fraction of sp³-hybridized carbons (Fsp3) is 0.667. The van der Waals surface area contributed by atoms with Crippen LogP contribution in [-0.2, 0) is 11.2 Å². The number of ether oxygens (including phenoxy) is 1. The van der Waals surface area contributed by atoms with Gasteiger partial charge in [0.05, 0.1) is 12.7 Å². The van der Waals surface area contributed by atoms with Crippen LogP contribution in [0.4, 0.5) is 0 Å². The van der Waals surface area contributed by atoms with Gasteiger partial charge in [-0.15, -0.1) is 0 Å². The largest absolute Gasteiger partial charge is 0.373 e. The van der Waals surface area contributed by atoms with Crippen LogP contribution in [0.15, 0.2) is 24.3 Å². The Morgan fingerprint density at radius 1 is 0.947 bits per heavy atom. The summed E-state index contributed by atoms with van der Waals surface area (Å²) in [5.41, 5.74) is 2.98. The van der Waals surface area contributed by atoms with Gasteiger partial charge in [-0.1, -0.05) is 62.8 Å². The van der Waals surface area contributed by atoms with Crippen molar-refractivity contribution in [2.75, 3.05) is 6.61 Å². The van der Waals surface area contributed by atoms with E-state index in [0.717, 1.165) is 6.61 Å². The zero-order chi connectivity index (χ0) is 13.3. The first-order chi connectivity index (χ1) is 9.36. The molecule has 0 saturated carbocycles. The van der Waals surface area contributed by atoms with Crippen molar-refractivity contribution in [2.24, 2.45) is 0 Å². The summed E-state index contributed by atoms with van der Waals surface area (Å²) in [5, 5.41) is 0. The normalized spacial score (nSPS) is 17.6. The Labute approximate surface area is 118 Å². The number of rotatable bonds is 10. The quantitative estimate of drug-likeness (QED) is 0.423. The molecule has 0 spiro atoms. The van der Waals surface area contributed by atoms with Gasteiger partial charge >= 0.3 is 0 Å². The first-order valence-corrected chi connectivity index (χ1v) is 8.02. The predicted octanol–water partition coefficient (Wildman–Crippen LogP) is 5.06. The van der Waals surface area contributed by atoms with Crippen molar-refractivity contribution in [3.05, 3.63) is 35.4 Å². The van der Waals surface area contributed by atoms with Crippen molar-refractivity contribution in [2.45, 2.75) is 70.8 Å². The van der Waals surface area contributed by atoms with Crippen LogP contribution in [0.1, 0.15) is 62.5 Å². The van der Waals surface area contributed by atoms with Crippen molar-refractivity contribution in [1.82, 2.24) is 0 Å². The van der Waals surface area contributed by atoms with Gasteiger partial charge in [0, 0.05) is 0 Å². The van der Waals surface area contributed by atoms with Crippen molar-refractivity contribution in [1.29, 1.82) is 0 Å². The molecule has 1 fully saturated rings. The molecular weight excluding hydrogens is 232 g/mol. The van der Waals surface area contributed by atoms with Crippen LogP contribution in [0, 0.1) is 6.92 Å². The smallest absolute Gasteiger partial charge is 0.0810 e. The Morgan fingerprint density at radius 3 is 2.26 bits per heavy atom. The third-order valence-electron chi connectivity index (χ3n) is 4.14. The number of hydrogen-bond donors (Lipinski definition) is 0. The first-order valence-electron chi connectivity index (χ1n) is 8.02. The van der Waals surface area contributed by atoms with Gasteiger partial charge in [0.2, 0.25) is 0 Å². The maximum atomic E-state index is 5.22. The summed E-state index contributed by atoms with van der Waals surface area (Å²) in [4.78, 5) is 0. The molecule has 1 unspecified atom stereocenters. The summed E-state index contributed by atoms with van der Waals surface area (Å²) < 4.78 is 5.22. The highest BCUT2D eigenvalue weighted by Gasteiger charge is 2.20. The first kappa shape index (κ1) is 14.6. The van der Waals surface area contributed by atoms with Crippen molar-refractivity contribution in [3.8, 4) is 0 Å². The van der Waals surface area contributed by atoms with Gasteiger partial charge in [0.25, 0.3) is 0 Å². The topological polar surface area (TPSA) is 12.5 Å². The number of hydrogen-bond acceptors (Lipinski definition) is 1. The molecule has 1 heteroatoms. The number of aryl methyl sites for hydroxylation is 2. The Hall–Kier alpha value is -0.820. The Bertz CT molecular complexity index is 354. The van der Waals surface area contributed by atoms with Gasteiger partial charge in [-0.05, 0) is 37.3 Å². The highest BCUT2D eigenvalue weighted by atomic mass is 16.6. The summed E-state index contributed by atoms with van der Waals surface area (Å²) in [5.74, 6) is 0. The van der Waals surface area contributed by atoms with Crippen LogP contribution < -0.4 is 0 Å². The number of benzene rings is 1. The van der Waals surface area contributed by atoms with E-state index < -0.39 is 0 Å². The van der Waals surface area contributed by atoms with Gasteiger partial charge in [-0.2, -0.15) is 0 Å². The molecule has 106 valence electrons. The molecule has 1 aromatic rings. The van der Waals surface area contributed by atoms with Crippen LogP contribution in [0.3, 0.4) is 0 Å². The summed E-state index contributed by atoms with van der Waals surface area (Å²) in [6.07, 6.45) is 12.9.